The molecule has 4 nitrogen and oxygen atoms in total. The van der Waals surface area contributed by atoms with E-state index in [1.807, 2.05) is 24.3 Å². The molecule has 8 heteroatoms. The van der Waals surface area contributed by atoms with Crippen LogP contribution in [0.5, 0.6) is 0 Å². The first-order valence-corrected chi connectivity index (χ1v) is 7.53. The van der Waals surface area contributed by atoms with Crippen molar-refractivity contribution in [3.05, 3.63) is 60.2 Å². The average molecular weight is 544 g/mol. The van der Waals surface area contributed by atoms with E-state index in [0.717, 1.165) is 37.4 Å². The molecule has 25 heavy (non-hydrogen) atoms. The van der Waals surface area contributed by atoms with E-state index in [1.165, 1.54) is 12.1 Å². The van der Waals surface area contributed by atoms with E-state index in [9.17, 15) is 9.50 Å². The van der Waals surface area contributed by atoms with Gasteiger partial charge in [-0.05, 0) is 30.3 Å². The number of pyridine rings is 1. The maximum absolute atomic E-state index is 13.0. The Morgan fingerprint density at radius 1 is 1.00 bits per heavy atom. The third-order valence-corrected chi connectivity index (χ3v) is 4.06. The quantitative estimate of drug-likeness (QED) is 0.637. The highest BCUT2D eigenvalue weighted by Gasteiger charge is 2.20. The Balaban J connectivity index is 0.00000192. The van der Waals surface area contributed by atoms with Gasteiger partial charge in [0.05, 0.1) is 6.10 Å². The van der Waals surface area contributed by atoms with Crippen LogP contribution in [0.25, 0.3) is 0 Å². The van der Waals surface area contributed by atoms with Crippen molar-refractivity contribution in [2.24, 2.45) is 0 Å². The van der Waals surface area contributed by atoms with Crippen molar-refractivity contribution in [1.82, 2.24) is 9.88 Å². The zero-order chi connectivity index (χ0) is 15.4. The number of piperazine rings is 1. The van der Waals surface area contributed by atoms with Crippen LogP contribution in [0, 0.1) is 5.82 Å². The molecule has 1 saturated heterocycles. The molecule has 1 aromatic carbocycles. The number of halogens is 4. The minimum Gasteiger partial charge on any atom is -0.387 e. The number of rotatable bonds is 4. The van der Waals surface area contributed by atoms with E-state index in [2.05, 4.69) is 14.8 Å². The maximum atomic E-state index is 13.0. The van der Waals surface area contributed by atoms with Crippen LogP contribution in [-0.4, -0.2) is 47.7 Å². The predicted octanol–water partition coefficient (Wildman–Crippen LogP) is 3.81. The molecule has 0 bridgehead atoms. The number of benzene rings is 1. The van der Waals surface area contributed by atoms with E-state index in [0.29, 0.717) is 6.54 Å². The molecule has 1 aliphatic rings. The van der Waals surface area contributed by atoms with Crippen molar-refractivity contribution < 1.29 is 9.50 Å². The Hall–Kier alpha value is -0.540. The summed E-state index contributed by atoms with van der Waals surface area (Å²) in [4.78, 5) is 8.53. The van der Waals surface area contributed by atoms with Crippen LogP contribution in [0.4, 0.5) is 10.1 Å². The highest BCUT2D eigenvalue weighted by atomic mass is 79.9. The molecule has 1 atom stereocenters. The molecule has 1 fully saturated rings. The van der Waals surface area contributed by atoms with Crippen molar-refractivity contribution in [3.63, 3.8) is 0 Å². The summed E-state index contributed by atoms with van der Waals surface area (Å²) in [6.45, 7) is 4.14. The molecule has 0 spiro atoms. The number of hydrogen-bond donors (Lipinski definition) is 1. The van der Waals surface area contributed by atoms with E-state index < -0.39 is 6.10 Å². The van der Waals surface area contributed by atoms with E-state index in [1.54, 1.807) is 12.4 Å². The van der Waals surface area contributed by atoms with Crippen molar-refractivity contribution in [3.8, 4) is 0 Å². The number of hydrogen-bond acceptors (Lipinski definition) is 4. The summed E-state index contributed by atoms with van der Waals surface area (Å²) in [5.41, 5.74) is 1.90. The molecule has 0 amide bonds. The number of anilines is 1. The van der Waals surface area contributed by atoms with Crippen molar-refractivity contribution in [1.29, 1.82) is 0 Å². The van der Waals surface area contributed by atoms with Gasteiger partial charge in [-0.3, -0.25) is 9.88 Å². The first-order valence-electron chi connectivity index (χ1n) is 7.53. The second-order valence-corrected chi connectivity index (χ2v) is 5.57. The highest BCUT2D eigenvalue weighted by molar-refractivity contribution is 8.93. The fraction of sp³-hybridized carbons (Fsp3) is 0.353. The van der Waals surface area contributed by atoms with Gasteiger partial charge in [0.2, 0.25) is 0 Å². The molecule has 0 aliphatic carbocycles. The Kier molecular flexibility index (Phi) is 11.7. The zero-order valence-electron chi connectivity index (χ0n) is 13.6. The van der Waals surface area contributed by atoms with Gasteiger partial charge in [0.25, 0.3) is 0 Å². The lowest BCUT2D eigenvalue weighted by molar-refractivity contribution is 0.109. The highest BCUT2D eigenvalue weighted by Crippen LogP contribution is 2.19. The second-order valence-electron chi connectivity index (χ2n) is 5.57. The molecule has 2 heterocycles. The van der Waals surface area contributed by atoms with E-state index in [-0.39, 0.29) is 56.8 Å². The fourth-order valence-corrected chi connectivity index (χ4v) is 2.76. The van der Waals surface area contributed by atoms with Gasteiger partial charge in [0, 0.05) is 56.4 Å². The summed E-state index contributed by atoms with van der Waals surface area (Å²) in [6, 6.07) is 10.4. The molecule has 3 rings (SSSR count). The molecule has 1 aromatic heterocycles. The predicted molar refractivity (Wildman–Crippen MR) is 115 cm³/mol. The summed E-state index contributed by atoms with van der Waals surface area (Å²) in [5, 5.41) is 10.2. The van der Waals surface area contributed by atoms with Gasteiger partial charge < -0.3 is 10.0 Å². The minimum absolute atomic E-state index is 0. The molecule has 0 saturated carbocycles. The summed E-state index contributed by atoms with van der Waals surface area (Å²) in [7, 11) is 0. The molecule has 2 aromatic rings. The third kappa shape index (κ3) is 6.94. The molecular formula is C17H23Br3FN3O. The normalized spacial score (nSPS) is 15.4. The maximum Gasteiger partial charge on any atom is 0.123 e. The smallest absolute Gasteiger partial charge is 0.123 e. The van der Waals surface area contributed by atoms with Crippen LogP contribution in [-0.2, 0) is 0 Å². The lowest BCUT2D eigenvalue weighted by Gasteiger charge is -2.36. The number of aliphatic hydroxyl groups is 1. The summed E-state index contributed by atoms with van der Waals surface area (Å²) in [5.74, 6) is -0.207. The SMILES string of the molecule is Br.Br.Br.OC(CN1CCN(c2ccc(F)cc2)CC1)c1cccnc1. The van der Waals surface area contributed by atoms with Gasteiger partial charge in [0.1, 0.15) is 5.82 Å². The van der Waals surface area contributed by atoms with Crippen molar-refractivity contribution >= 4 is 56.6 Å². The van der Waals surface area contributed by atoms with Gasteiger partial charge in [-0.1, -0.05) is 6.07 Å². The van der Waals surface area contributed by atoms with Crippen LogP contribution < -0.4 is 4.90 Å². The number of aliphatic hydroxyl groups excluding tert-OH is 1. The van der Waals surface area contributed by atoms with Gasteiger partial charge in [-0.2, -0.15) is 0 Å². The standard InChI is InChI=1S/C17H20FN3O.3BrH/c18-15-3-5-16(6-4-15)21-10-8-20(9-11-21)13-17(22)14-2-1-7-19-12-14;;;/h1-7,12,17,22H,8-11,13H2;3*1H. The topological polar surface area (TPSA) is 39.6 Å². The van der Waals surface area contributed by atoms with Crippen LogP contribution in [0.15, 0.2) is 48.8 Å². The Bertz CT molecular complexity index is 596. The lowest BCUT2D eigenvalue weighted by Crippen LogP contribution is -2.47. The zero-order valence-corrected chi connectivity index (χ0v) is 18.8. The van der Waals surface area contributed by atoms with Gasteiger partial charge in [-0.15, -0.1) is 50.9 Å². The minimum atomic E-state index is -0.508. The van der Waals surface area contributed by atoms with Gasteiger partial charge in [-0.25, -0.2) is 4.39 Å². The summed E-state index contributed by atoms with van der Waals surface area (Å²) >= 11 is 0. The van der Waals surface area contributed by atoms with Crippen molar-refractivity contribution in [2.75, 3.05) is 37.6 Å². The number of aromatic nitrogens is 1. The molecule has 1 unspecified atom stereocenters. The summed E-state index contributed by atoms with van der Waals surface area (Å²) < 4.78 is 13.0. The first kappa shape index (κ1) is 24.5. The Labute approximate surface area is 179 Å². The third-order valence-electron chi connectivity index (χ3n) is 4.06. The Morgan fingerprint density at radius 2 is 1.64 bits per heavy atom. The monoisotopic (exact) mass is 541 g/mol. The average Bonchev–Trinajstić information content (AvgIpc) is 2.57. The number of β-amino-alcohol motifs (C(OH)–C–C–N with tert-alkyl or cyclic N) is 1. The molecule has 0 radical (unpaired) electrons. The van der Waals surface area contributed by atoms with Gasteiger partial charge in [0.15, 0.2) is 0 Å². The Morgan fingerprint density at radius 3 is 2.20 bits per heavy atom. The first-order chi connectivity index (χ1) is 10.7. The second kappa shape index (κ2) is 12.0. The molecule has 1 N–H and O–H groups in total. The largest absolute Gasteiger partial charge is 0.387 e. The van der Waals surface area contributed by atoms with Crippen LogP contribution in [0.1, 0.15) is 11.7 Å². The molecule has 140 valence electrons. The van der Waals surface area contributed by atoms with Crippen LogP contribution >= 0.6 is 50.9 Å². The van der Waals surface area contributed by atoms with Gasteiger partial charge >= 0.3 is 0 Å². The lowest BCUT2D eigenvalue weighted by atomic mass is 10.1. The molecular weight excluding hydrogens is 521 g/mol. The fourth-order valence-electron chi connectivity index (χ4n) is 2.76. The van der Waals surface area contributed by atoms with Crippen LogP contribution in [0.3, 0.4) is 0 Å². The summed E-state index contributed by atoms with van der Waals surface area (Å²) in [6.07, 6.45) is 2.91. The number of nitrogens with zero attached hydrogens (tertiary/aromatic N) is 3. The van der Waals surface area contributed by atoms with Crippen LogP contribution in [0.2, 0.25) is 0 Å². The van der Waals surface area contributed by atoms with E-state index >= 15 is 0 Å². The molecule has 1 aliphatic heterocycles. The van der Waals surface area contributed by atoms with Crippen molar-refractivity contribution in [2.45, 2.75) is 6.10 Å². The van der Waals surface area contributed by atoms with E-state index in [4.69, 9.17) is 0 Å².